The van der Waals surface area contributed by atoms with Crippen LogP contribution >= 0.6 is 15.9 Å². The highest BCUT2D eigenvalue weighted by atomic mass is 79.9. The summed E-state index contributed by atoms with van der Waals surface area (Å²) in [6.07, 6.45) is 6.35. The zero-order valence-electron chi connectivity index (χ0n) is 11.7. The van der Waals surface area contributed by atoms with Gasteiger partial charge in [0.15, 0.2) is 0 Å². The van der Waals surface area contributed by atoms with E-state index in [1.165, 1.54) is 25.7 Å². The Bertz CT molecular complexity index is 316. The second kappa shape index (κ2) is 6.13. The number of rotatable bonds is 5. The zero-order valence-corrected chi connectivity index (χ0v) is 13.3. The SMILES string of the molecule is O=C(C(C1CC1)C1CC1)N1CCCN(CCBr)CC1. The molecule has 2 saturated carbocycles. The average Bonchev–Trinajstić information content (AvgIpc) is 3.27. The Morgan fingerprint density at radius 1 is 1.05 bits per heavy atom. The Balaban J connectivity index is 1.56. The van der Waals surface area contributed by atoms with Gasteiger partial charge in [0.25, 0.3) is 0 Å². The van der Waals surface area contributed by atoms with E-state index in [9.17, 15) is 4.79 Å². The van der Waals surface area contributed by atoms with Crippen molar-refractivity contribution in [2.45, 2.75) is 32.1 Å². The Labute approximate surface area is 124 Å². The lowest BCUT2D eigenvalue weighted by atomic mass is 9.96. The maximum absolute atomic E-state index is 12.8. The van der Waals surface area contributed by atoms with Crippen LogP contribution < -0.4 is 0 Å². The highest BCUT2D eigenvalue weighted by Crippen LogP contribution is 2.49. The fourth-order valence-electron chi connectivity index (χ4n) is 3.44. The fourth-order valence-corrected chi connectivity index (χ4v) is 3.95. The molecule has 2 aliphatic carbocycles. The second-order valence-electron chi connectivity index (χ2n) is 6.41. The van der Waals surface area contributed by atoms with Crippen LogP contribution in [0.5, 0.6) is 0 Å². The van der Waals surface area contributed by atoms with Gasteiger partial charge in [0.2, 0.25) is 5.91 Å². The minimum atomic E-state index is 0.391. The molecule has 1 saturated heterocycles. The van der Waals surface area contributed by atoms with Crippen LogP contribution in [0.2, 0.25) is 0 Å². The topological polar surface area (TPSA) is 23.6 Å². The third kappa shape index (κ3) is 3.52. The summed E-state index contributed by atoms with van der Waals surface area (Å²) in [7, 11) is 0. The van der Waals surface area contributed by atoms with Crippen LogP contribution in [-0.4, -0.2) is 53.8 Å². The summed E-state index contributed by atoms with van der Waals surface area (Å²) < 4.78 is 0. The van der Waals surface area contributed by atoms with Crippen molar-refractivity contribution in [1.29, 1.82) is 0 Å². The number of carbonyl (C=O) groups excluding carboxylic acids is 1. The average molecular weight is 329 g/mol. The molecule has 19 heavy (non-hydrogen) atoms. The van der Waals surface area contributed by atoms with Crippen LogP contribution in [0.1, 0.15) is 32.1 Å². The third-order valence-electron chi connectivity index (χ3n) is 4.85. The Morgan fingerprint density at radius 3 is 2.32 bits per heavy atom. The van der Waals surface area contributed by atoms with Crippen LogP contribution in [0.15, 0.2) is 0 Å². The van der Waals surface area contributed by atoms with Gasteiger partial charge in [-0.3, -0.25) is 4.79 Å². The molecule has 1 amide bonds. The van der Waals surface area contributed by atoms with Crippen LogP contribution in [0.3, 0.4) is 0 Å². The predicted molar refractivity (Wildman–Crippen MR) is 80.4 cm³/mol. The van der Waals surface area contributed by atoms with Crippen molar-refractivity contribution < 1.29 is 4.79 Å². The summed E-state index contributed by atoms with van der Waals surface area (Å²) in [4.78, 5) is 17.4. The molecule has 3 fully saturated rings. The summed E-state index contributed by atoms with van der Waals surface area (Å²) in [6, 6.07) is 0. The molecule has 0 aromatic rings. The van der Waals surface area contributed by atoms with E-state index in [1.807, 2.05) is 0 Å². The molecule has 0 atom stereocenters. The van der Waals surface area contributed by atoms with Crippen LogP contribution in [0.4, 0.5) is 0 Å². The van der Waals surface area contributed by atoms with Gasteiger partial charge in [-0.1, -0.05) is 15.9 Å². The van der Waals surface area contributed by atoms with Gasteiger partial charge in [0.05, 0.1) is 0 Å². The summed E-state index contributed by atoms with van der Waals surface area (Å²) in [6.45, 7) is 5.23. The standard InChI is InChI=1S/C15H25BrN2O/c16-6-9-17-7-1-8-18(11-10-17)15(19)14(12-2-3-12)13-4-5-13/h12-14H,1-11H2. The van der Waals surface area contributed by atoms with Crippen LogP contribution in [0, 0.1) is 17.8 Å². The molecule has 4 heteroatoms. The molecule has 0 bridgehead atoms. The van der Waals surface area contributed by atoms with Crippen molar-refractivity contribution >= 4 is 21.8 Å². The van der Waals surface area contributed by atoms with Crippen molar-refractivity contribution in [3.63, 3.8) is 0 Å². The molecular formula is C15H25BrN2O. The van der Waals surface area contributed by atoms with E-state index in [0.717, 1.165) is 56.3 Å². The molecule has 0 radical (unpaired) electrons. The second-order valence-corrected chi connectivity index (χ2v) is 7.20. The minimum Gasteiger partial charge on any atom is -0.341 e. The normalized spacial score (nSPS) is 25.7. The van der Waals surface area contributed by atoms with Gasteiger partial charge in [-0.2, -0.15) is 0 Å². The molecule has 3 nitrogen and oxygen atoms in total. The van der Waals surface area contributed by atoms with Crippen molar-refractivity contribution in [3.05, 3.63) is 0 Å². The van der Waals surface area contributed by atoms with E-state index in [0.29, 0.717) is 11.8 Å². The van der Waals surface area contributed by atoms with Gasteiger partial charge in [0.1, 0.15) is 0 Å². The molecule has 3 rings (SSSR count). The van der Waals surface area contributed by atoms with Gasteiger partial charge < -0.3 is 9.80 Å². The number of halogens is 1. The number of alkyl halides is 1. The number of nitrogens with zero attached hydrogens (tertiary/aromatic N) is 2. The van der Waals surface area contributed by atoms with Crippen molar-refractivity contribution in [3.8, 4) is 0 Å². The van der Waals surface area contributed by atoms with Gasteiger partial charge in [0, 0.05) is 37.4 Å². The van der Waals surface area contributed by atoms with Crippen LogP contribution in [0.25, 0.3) is 0 Å². The first-order chi connectivity index (χ1) is 9.29. The Morgan fingerprint density at radius 2 is 1.74 bits per heavy atom. The molecule has 0 N–H and O–H groups in total. The highest BCUT2D eigenvalue weighted by Gasteiger charge is 2.46. The molecule has 108 valence electrons. The zero-order chi connectivity index (χ0) is 13.2. The smallest absolute Gasteiger partial charge is 0.226 e. The van der Waals surface area contributed by atoms with Crippen molar-refractivity contribution in [2.24, 2.45) is 17.8 Å². The maximum atomic E-state index is 12.8. The lowest BCUT2D eigenvalue weighted by Crippen LogP contribution is -2.40. The van der Waals surface area contributed by atoms with E-state index < -0.39 is 0 Å². The van der Waals surface area contributed by atoms with Crippen molar-refractivity contribution in [2.75, 3.05) is 38.1 Å². The summed E-state index contributed by atoms with van der Waals surface area (Å²) in [5, 5.41) is 1.04. The number of hydrogen-bond donors (Lipinski definition) is 0. The molecule has 3 aliphatic rings. The first kappa shape index (κ1) is 13.9. The predicted octanol–water partition coefficient (Wildman–Crippen LogP) is 2.35. The molecule has 0 spiro atoms. The number of carbonyl (C=O) groups is 1. The Hall–Kier alpha value is -0.0900. The summed E-state index contributed by atoms with van der Waals surface area (Å²) in [5.41, 5.74) is 0. The van der Waals surface area contributed by atoms with Crippen LogP contribution in [-0.2, 0) is 4.79 Å². The minimum absolute atomic E-state index is 0.391. The highest BCUT2D eigenvalue weighted by molar-refractivity contribution is 9.09. The summed E-state index contributed by atoms with van der Waals surface area (Å²) in [5.74, 6) is 2.36. The maximum Gasteiger partial charge on any atom is 0.226 e. The molecule has 0 aromatic heterocycles. The van der Waals surface area contributed by atoms with Gasteiger partial charge in [-0.05, 0) is 50.5 Å². The van der Waals surface area contributed by atoms with E-state index >= 15 is 0 Å². The van der Waals surface area contributed by atoms with E-state index in [2.05, 4.69) is 25.7 Å². The molecule has 0 unspecified atom stereocenters. The number of hydrogen-bond acceptors (Lipinski definition) is 2. The monoisotopic (exact) mass is 328 g/mol. The Kier molecular flexibility index (Phi) is 4.47. The van der Waals surface area contributed by atoms with Crippen molar-refractivity contribution in [1.82, 2.24) is 9.80 Å². The van der Waals surface area contributed by atoms with Gasteiger partial charge >= 0.3 is 0 Å². The van der Waals surface area contributed by atoms with E-state index in [4.69, 9.17) is 0 Å². The lowest BCUT2D eigenvalue weighted by Gasteiger charge is -2.26. The fraction of sp³-hybridized carbons (Fsp3) is 0.933. The van der Waals surface area contributed by atoms with E-state index in [1.54, 1.807) is 0 Å². The third-order valence-corrected chi connectivity index (χ3v) is 5.20. The molecule has 0 aromatic carbocycles. The summed E-state index contributed by atoms with van der Waals surface area (Å²) >= 11 is 3.51. The van der Waals surface area contributed by atoms with E-state index in [-0.39, 0.29) is 0 Å². The van der Waals surface area contributed by atoms with Gasteiger partial charge in [-0.15, -0.1) is 0 Å². The largest absolute Gasteiger partial charge is 0.341 e. The van der Waals surface area contributed by atoms with Gasteiger partial charge in [-0.25, -0.2) is 0 Å². The quantitative estimate of drug-likeness (QED) is 0.723. The first-order valence-corrected chi connectivity index (χ1v) is 8.99. The molecule has 1 aliphatic heterocycles. The molecular weight excluding hydrogens is 304 g/mol. The number of amides is 1. The lowest BCUT2D eigenvalue weighted by molar-refractivity contribution is -0.136. The molecule has 1 heterocycles. The first-order valence-electron chi connectivity index (χ1n) is 7.86.